The molecular formula is C14H25N3O2. The van der Waals surface area contributed by atoms with E-state index in [-0.39, 0.29) is 0 Å². The summed E-state index contributed by atoms with van der Waals surface area (Å²) in [4.78, 5) is 6.53. The summed E-state index contributed by atoms with van der Waals surface area (Å²) >= 11 is 0. The van der Waals surface area contributed by atoms with Crippen LogP contribution in [-0.4, -0.2) is 42.6 Å². The standard InChI is InChI=1S/C14H25N3O2/c1-4-6-9-17(3)14(15-5-2)16-11-12(18)13-8-7-10-19-13/h7-8,10,12,18H,4-6,9,11H2,1-3H3,(H,15,16). The number of hydrogen-bond acceptors (Lipinski definition) is 3. The minimum atomic E-state index is -0.691. The molecule has 5 heteroatoms. The van der Waals surface area contributed by atoms with Crippen LogP contribution in [0.15, 0.2) is 27.8 Å². The normalized spacial score (nSPS) is 13.4. The quantitative estimate of drug-likeness (QED) is 0.586. The zero-order chi connectivity index (χ0) is 14.1. The number of guanidine groups is 1. The summed E-state index contributed by atoms with van der Waals surface area (Å²) in [5, 5.41) is 13.2. The van der Waals surface area contributed by atoms with Gasteiger partial charge in [-0.3, -0.25) is 0 Å². The van der Waals surface area contributed by atoms with E-state index in [9.17, 15) is 5.11 Å². The second-order valence-corrected chi connectivity index (χ2v) is 4.50. The first kappa shape index (κ1) is 15.6. The third-order valence-electron chi connectivity index (χ3n) is 2.83. The van der Waals surface area contributed by atoms with Crippen LogP contribution in [0.5, 0.6) is 0 Å². The molecule has 108 valence electrons. The van der Waals surface area contributed by atoms with Gasteiger partial charge in [0.2, 0.25) is 0 Å². The Hall–Kier alpha value is -1.49. The Kier molecular flexibility index (Phi) is 7.03. The monoisotopic (exact) mass is 267 g/mol. The number of nitrogens with one attached hydrogen (secondary N) is 1. The molecule has 1 atom stereocenters. The summed E-state index contributed by atoms with van der Waals surface area (Å²) in [5.41, 5.74) is 0. The van der Waals surface area contributed by atoms with E-state index in [1.54, 1.807) is 18.4 Å². The highest BCUT2D eigenvalue weighted by atomic mass is 16.4. The van der Waals surface area contributed by atoms with E-state index in [1.165, 1.54) is 0 Å². The Morgan fingerprint density at radius 1 is 1.53 bits per heavy atom. The van der Waals surface area contributed by atoms with Gasteiger partial charge in [-0.25, -0.2) is 4.99 Å². The molecule has 1 aromatic rings. The largest absolute Gasteiger partial charge is 0.467 e. The van der Waals surface area contributed by atoms with Crippen molar-refractivity contribution in [3.63, 3.8) is 0 Å². The van der Waals surface area contributed by atoms with Crippen LogP contribution >= 0.6 is 0 Å². The molecule has 2 N–H and O–H groups in total. The molecule has 1 heterocycles. The Balaban J connectivity index is 2.56. The van der Waals surface area contributed by atoms with Crippen molar-refractivity contribution in [2.24, 2.45) is 4.99 Å². The average Bonchev–Trinajstić information content (AvgIpc) is 2.94. The SMILES string of the molecule is CCCCN(C)C(=NCC(O)c1ccco1)NCC. The lowest BCUT2D eigenvalue weighted by Gasteiger charge is -2.22. The highest BCUT2D eigenvalue weighted by Gasteiger charge is 2.11. The topological polar surface area (TPSA) is 61.0 Å². The summed E-state index contributed by atoms with van der Waals surface area (Å²) in [6, 6.07) is 3.52. The molecule has 0 bridgehead atoms. The number of aliphatic imine (C=N–C) groups is 1. The Morgan fingerprint density at radius 3 is 2.89 bits per heavy atom. The van der Waals surface area contributed by atoms with E-state index in [1.807, 2.05) is 14.0 Å². The first-order valence-electron chi connectivity index (χ1n) is 6.89. The highest BCUT2D eigenvalue weighted by molar-refractivity contribution is 5.79. The smallest absolute Gasteiger partial charge is 0.193 e. The van der Waals surface area contributed by atoms with Gasteiger partial charge in [0.25, 0.3) is 0 Å². The predicted molar refractivity (Wildman–Crippen MR) is 77.2 cm³/mol. The fourth-order valence-corrected chi connectivity index (χ4v) is 1.71. The van der Waals surface area contributed by atoms with Gasteiger partial charge in [0, 0.05) is 20.1 Å². The number of furan rings is 1. The van der Waals surface area contributed by atoms with Gasteiger partial charge in [0.15, 0.2) is 5.96 Å². The van der Waals surface area contributed by atoms with Crippen molar-refractivity contribution in [2.75, 3.05) is 26.7 Å². The van der Waals surface area contributed by atoms with Crippen molar-refractivity contribution in [1.29, 1.82) is 0 Å². The highest BCUT2D eigenvalue weighted by Crippen LogP contribution is 2.13. The molecule has 1 rings (SSSR count). The Labute approximate surface area is 115 Å². The second kappa shape index (κ2) is 8.58. The average molecular weight is 267 g/mol. The lowest BCUT2D eigenvalue weighted by atomic mass is 10.3. The molecule has 0 spiro atoms. The minimum absolute atomic E-state index is 0.298. The Morgan fingerprint density at radius 2 is 2.32 bits per heavy atom. The summed E-state index contributed by atoms with van der Waals surface area (Å²) in [6.45, 7) is 6.27. The van der Waals surface area contributed by atoms with Crippen molar-refractivity contribution >= 4 is 5.96 Å². The van der Waals surface area contributed by atoms with Gasteiger partial charge in [-0.2, -0.15) is 0 Å². The van der Waals surface area contributed by atoms with Crippen LogP contribution in [0.4, 0.5) is 0 Å². The summed E-state index contributed by atoms with van der Waals surface area (Å²) in [6.07, 6.45) is 3.14. The summed E-state index contributed by atoms with van der Waals surface area (Å²) < 4.78 is 5.16. The van der Waals surface area contributed by atoms with E-state index >= 15 is 0 Å². The summed E-state index contributed by atoms with van der Waals surface area (Å²) in [7, 11) is 2.01. The minimum Gasteiger partial charge on any atom is -0.467 e. The number of rotatable bonds is 7. The molecule has 0 saturated carbocycles. The number of aliphatic hydroxyl groups excluding tert-OH is 1. The molecule has 0 aromatic carbocycles. The number of unbranched alkanes of at least 4 members (excludes halogenated alkanes) is 1. The molecule has 0 fully saturated rings. The first-order valence-corrected chi connectivity index (χ1v) is 6.89. The molecule has 5 nitrogen and oxygen atoms in total. The van der Waals surface area contributed by atoms with Crippen LogP contribution < -0.4 is 5.32 Å². The van der Waals surface area contributed by atoms with Gasteiger partial charge in [0.05, 0.1) is 12.8 Å². The van der Waals surface area contributed by atoms with Crippen molar-refractivity contribution < 1.29 is 9.52 Å². The predicted octanol–water partition coefficient (Wildman–Crippen LogP) is 2.01. The van der Waals surface area contributed by atoms with Crippen LogP contribution in [0.1, 0.15) is 38.6 Å². The molecule has 0 radical (unpaired) electrons. The zero-order valence-corrected chi connectivity index (χ0v) is 12.1. The lowest BCUT2D eigenvalue weighted by molar-refractivity contribution is 0.158. The fourth-order valence-electron chi connectivity index (χ4n) is 1.71. The molecule has 0 saturated heterocycles. The van der Waals surface area contributed by atoms with E-state index in [0.29, 0.717) is 12.3 Å². The van der Waals surface area contributed by atoms with Gasteiger partial charge >= 0.3 is 0 Å². The van der Waals surface area contributed by atoms with Crippen molar-refractivity contribution in [3.05, 3.63) is 24.2 Å². The van der Waals surface area contributed by atoms with E-state index in [2.05, 4.69) is 22.1 Å². The van der Waals surface area contributed by atoms with Crippen LogP contribution in [0.25, 0.3) is 0 Å². The van der Waals surface area contributed by atoms with E-state index in [4.69, 9.17) is 4.42 Å². The molecule has 0 aliphatic carbocycles. The zero-order valence-electron chi connectivity index (χ0n) is 12.1. The van der Waals surface area contributed by atoms with Gasteiger partial charge in [-0.05, 0) is 25.5 Å². The second-order valence-electron chi connectivity index (χ2n) is 4.50. The van der Waals surface area contributed by atoms with Gasteiger partial charge in [-0.1, -0.05) is 13.3 Å². The van der Waals surface area contributed by atoms with Crippen LogP contribution in [0.3, 0.4) is 0 Å². The van der Waals surface area contributed by atoms with Crippen LogP contribution in [-0.2, 0) is 0 Å². The molecule has 0 amide bonds. The van der Waals surface area contributed by atoms with Gasteiger partial charge < -0.3 is 19.7 Å². The third-order valence-corrected chi connectivity index (χ3v) is 2.83. The van der Waals surface area contributed by atoms with Crippen LogP contribution in [0.2, 0.25) is 0 Å². The number of aliphatic hydroxyl groups is 1. The molecular weight excluding hydrogens is 242 g/mol. The van der Waals surface area contributed by atoms with Crippen LogP contribution in [0, 0.1) is 0 Å². The molecule has 1 aromatic heterocycles. The molecule has 0 aliphatic heterocycles. The lowest BCUT2D eigenvalue weighted by Crippen LogP contribution is -2.39. The number of nitrogens with zero attached hydrogens (tertiary/aromatic N) is 2. The van der Waals surface area contributed by atoms with Crippen molar-refractivity contribution in [1.82, 2.24) is 10.2 Å². The third kappa shape index (κ3) is 5.34. The van der Waals surface area contributed by atoms with Crippen molar-refractivity contribution in [2.45, 2.75) is 32.8 Å². The van der Waals surface area contributed by atoms with E-state index < -0.39 is 6.10 Å². The molecule has 1 unspecified atom stereocenters. The van der Waals surface area contributed by atoms with Gasteiger partial charge in [0.1, 0.15) is 11.9 Å². The number of hydrogen-bond donors (Lipinski definition) is 2. The van der Waals surface area contributed by atoms with Gasteiger partial charge in [-0.15, -0.1) is 0 Å². The molecule has 19 heavy (non-hydrogen) atoms. The maximum Gasteiger partial charge on any atom is 0.193 e. The maximum absolute atomic E-state index is 9.94. The van der Waals surface area contributed by atoms with E-state index in [0.717, 1.165) is 31.9 Å². The Bertz CT molecular complexity index is 363. The fraction of sp³-hybridized carbons (Fsp3) is 0.643. The first-order chi connectivity index (χ1) is 9.19. The molecule has 0 aliphatic rings. The summed E-state index contributed by atoms with van der Waals surface area (Å²) in [5.74, 6) is 1.37. The van der Waals surface area contributed by atoms with Crippen molar-refractivity contribution in [3.8, 4) is 0 Å². The maximum atomic E-state index is 9.94.